The van der Waals surface area contributed by atoms with Gasteiger partial charge in [0, 0.05) is 24.7 Å². The highest BCUT2D eigenvalue weighted by Gasteiger charge is 2.27. The third kappa shape index (κ3) is 6.96. The minimum Gasteiger partial charge on any atom is -0.451 e. The van der Waals surface area contributed by atoms with Crippen LogP contribution in [0.5, 0.6) is 0 Å². The van der Waals surface area contributed by atoms with Crippen LogP contribution in [0.1, 0.15) is 23.7 Å². The molecule has 8 heteroatoms. The molecule has 0 unspecified atom stereocenters. The summed E-state index contributed by atoms with van der Waals surface area (Å²) >= 11 is 7.36. The summed E-state index contributed by atoms with van der Waals surface area (Å²) in [6.45, 7) is 1.51. The molecule has 0 saturated carbocycles. The predicted octanol–water partition coefficient (Wildman–Crippen LogP) is 2.21. The molecule has 2 atom stereocenters. The lowest BCUT2D eigenvalue weighted by Crippen LogP contribution is -2.45. The number of esters is 1. The standard InChI is InChI=1S/C17H23ClN2O4S/c1-11(16(22)20(2)3)24-17(23)14(9-10-25-4)19-15(21)12-5-7-13(18)8-6-12/h5-8,11,14H,9-10H2,1-4H3,(H,19,21)/t11-,14-/m1/s1. The Kier molecular flexibility index (Phi) is 8.78. The molecule has 6 nitrogen and oxygen atoms in total. The zero-order valence-corrected chi connectivity index (χ0v) is 16.3. The predicted molar refractivity (Wildman–Crippen MR) is 100.0 cm³/mol. The average molecular weight is 387 g/mol. The van der Waals surface area contributed by atoms with Crippen LogP contribution >= 0.6 is 23.4 Å². The van der Waals surface area contributed by atoms with Crippen molar-refractivity contribution < 1.29 is 19.1 Å². The minimum absolute atomic E-state index is 0.319. The molecule has 1 N–H and O–H groups in total. The van der Waals surface area contributed by atoms with Crippen molar-refractivity contribution in [1.29, 1.82) is 0 Å². The van der Waals surface area contributed by atoms with Crippen LogP contribution in [-0.2, 0) is 14.3 Å². The van der Waals surface area contributed by atoms with Crippen LogP contribution in [0.4, 0.5) is 0 Å². The fourth-order valence-electron chi connectivity index (χ4n) is 2.00. The number of amides is 2. The zero-order valence-electron chi connectivity index (χ0n) is 14.7. The summed E-state index contributed by atoms with van der Waals surface area (Å²) in [4.78, 5) is 37.9. The first-order valence-corrected chi connectivity index (χ1v) is 9.50. The van der Waals surface area contributed by atoms with Crippen molar-refractivity contribution in [2.75, 3.05) is 26.1 Å². The highest BCUT2D eigenvalue weighted by atomic mass is 35.5. The molecule has 138 valence electrons. The number of carbonyl (C=O) groups is 3. The maximum atomic E-state index is 12.4. The molecule has 0 saturated heterocycles. The summed E-state index contributed by atoms with van der Waals surface area (Å²) in [5.41, 5.74) is 0.392. The van der Waals surface area contributed by atoms with E-state index in [1.807, 2.05) is 6.26 Å². The topological polar surface area (TPSA) is 75.7 Å². The Bertz CT molecular complexity index is 607. The number of nitrogens with zero attached hydrogens (tertiary/aromatic N) is 1. The molecule has 0 bridgehead atoms. The molecule has 0 radical (unpaired) electrons. The summed E-state index contributed by atoms with van der Waals surface area (Å²) < 4.78 is 5.21. The highest BCUT2D eigenvalue weighted by molar-refractivity contribution is 7.98. The van der Waals surface area contributed by atoms with Crippen molar-refractivity contribution in [2.24, 2.45) is 0 Å². The monoisotopic (exact) mass is 386 g/mol. The maximum absolute atomic E-state index is 12.4. The summed E-state index contributed by atoms with van der Waals surface area (Å²) in [6.07, 6.45) is 1.40. The number of likely N-dealkylation sites (N-methyl/N-ethyl adjacent to an activating group) is 1. The van der Waals surface area contributed by atoms with Gasteiger partial charge in [0.15, 0.2) is 6.10 Å². The summed E-state index contributed by atoms with van der Waals surface area (Å²) in [6, 6.07) is 5.53. The maximum Gasteiger partial charge on any atom is 0.329 e. The number of hydrogen-bond donors (Lipinski definition) is 1. The minimum atomic E-state index is -0.910. The van der Waals surface area contributed by atoms with Crippen molar-refractivity contribution in [3.8, 4) is 0 Å². The van der Waals surface area contributed by atoms with E-state index < -0.39 is 24.0 Å². The van der Waals surface area contributed by atoms with Gasteiger partial charge < -0.3 is 15.0 Å². The number of benzene rings is 1. The van der Waals surface area contributed by atoms with Crippen LogP contribution in [0, 0.1) is 0 Å². The number of nitrogens with one attached hydrogen (secondary N) is 1. The molecule has 0 aliphatic rings. The van der Waals surface area contributed by atoms with Gasteiger partial charge in [-0.2, -0.15) is 11.8 Å². The molecule has 0 fully saturated rings. The molecule has 0 spiro atoms. The van der Waals surface area contributed by atoms with Gasteiger partial charge in [-0.25, -0.2) is 4.79 Å². The van der Waals surface area contributed by atoms with Crippen LogP contribution in [0.25, 0.3) is 0 Å². The smallest absolute Gasteiger partial charge is 0.329 e. The van der Waals surface area contributed by atoms with Crippen LogP contribution in [0.2, 0.25) is 5.02 Å². The molecular formula is C17H23ClN2O4S. The van der Waals surface area contributed by atoms with E-state index in [0.29, 0.717) is 22.8 Å². The van der Waals surface area contributed by atoms with E-state index in [4.69, 9.17) is 16.3 Å². The number of rotatable bonds is 8. The van der Waals surface area contributed by atoms with E-state index >= 15 is 0 Å². The molecule has 1 aromatic carbocycles. The number of carbonyl (C=O) groups excluding carboxylic acids is 3. The molecule has 0 aliphatic carbocycles. The van der Waals surface area contributed by atoms with Gasteiger partial charge in [0.2, 0.25) is 0 Å². The zero-order chi connectivity index (χ0) is 19.0. The molecule has 2 amide bonds. The Morgan fingerprint density at radius 3 is 2.36 bits per heavy atom. The Balaban J connectivity index is 2.78. The Morgan fingerprint density at radius 1 is 1.24 bits per heavy atom. The Morgan fingerprint density at radius 2 is 1.84 bits per heavy atom. The van der Waals surface area contributed by atoms with Crippen LogP contribution in [0.15, 0.2) is 24.3 Å². The second kappa shape index (κ2) is 10.3. The number of halogens is 1. The summed E-state index contributed by atoms with van der Waals surface area (Å²) in [5, 5.41) is 3.19. The van der Waals surface area contributed by atoms with E-state index in [2.05, 4.69) is 5.32 Å². The van der Waals surface area contributed by atoms with Gasteiger partial charge in [-0.1, -0.05) is 11.6 Å². The van der Waals surface area contributed by atoms with Crippen molar-refractivity contribution in [3.63, 3.8) is 0 Å². The van der Waals surface area contributed by atoms with E-state index in [1.165, 1.54) is 11.8 Å². The summed E-state index contributed by atoms with van der Waals surface area (Å²) in [7, 11) is 3.17. The quantitative estimate of drug-likeness (QED) is 0.693. The van der Waals surface area contributed by atoms with E-state index in [-0.39, 0.29) is 5.91 Å². The molecule has 25 heavy (non-hydrogen) atoms. The van der Waals surface area contributed by atoms with Gasteiger partial charge in [-0.05, 0) is 49.6 Å². The van der Waals surface area contributed by atoms with Crippen molar-refractivity contribution in [1.82, 2.24) is 10.2 Å². The molecule has 0 aliphatic heterocycles. The third-order valence-electron chi connectivity index (χ3n) is 3.39. The van der Waals surface area contributed by atoms with Gasteiger partial charge in [0.1, 0.15) is 6.04 Å². The fourth-order valence-corrected chi connectivity index (χ4v) is 2.60. The molecular weight excluding hydrogens is 364 g/mol. The first-order chi connectivity index (χ1) is 11.8. The molecule has 0 heterocycles. The largest absolute Gasteiger partial charge is 0.451 e. The first-order valence-electron chi connectivity index (χ1n) is 7.73. The van der Waals surface area contributed by atoms with E-state index in [0.717, 1.165) is 0 Å². The molecule has 1 aromatic rings. The van der Waals surface area contributed by atoms with Crippen LogP contribution < -0.4 is 5.32 Å². The molecule has 1 rings (SSSR count). The average Bonchev–Trinajstić information content (AvgIpc) is 2.57. The number of hydrogen-bond acceptors (Lipinski definition) is 5. The van der Waals surface area contributed by atoms with Gasteiger partial charge in [0.25, 0.3) is 11.8 Å². The van der Waals surface area contributed by atoms with Crippen LogP contribution in [-0.4, -0.2) is 60.9 Å². The van der Waals surface area contributed by atoms with Gasteiger partial charge in [-0.3, -0.25) is 9.59 Å². The SMILES string of the molecule is CSCC[C@@H](NC(=O)c1ccc(Cl)cc1)C(=O)O[C@H](C)C(=O)N(C)C. The lowest BCUT2D eigenvalue weighted by Gasteiger charge is -2.21. The highest BCUT2D eigenvalue weighted by Crippen LogP contribution is 2.11. The second-order valence-corrected chi connectivity index (χ2v) is 7.05. The number of ether oxygens (including phenoxy) is 1. The van der Waals surface area contributed by atoms with E-state index in [9.17, 15) is 14.4 Å². The van der Waals surface area contributed by atoms with Crippen molar-refractivity contribution in [3.05, 3.63) is 34.9 Å². The fraction of sp³-hybridized carbons (Fsp3) is 0.471. The second-order valence-electron chi connectivity index (χ2n) is 5.63. The first kappa shape index (κ1) is 21.3. The summed E-state index contributed by atoms with van der Waals surface area (Å²) in [5.74, 6) is -0.678. The normalized spacial score (nSPS) is 12.8. The Labute approximate surface area is 157 Å². The van der Waals surface area contributed by atoms with Gasteiger partial charge in [0.05, 0.1) is 0 Å². The lowest BCUT2D eigenvalue weighted by atomic mass is 10.1. The van der Waals surface area contributed by atoms with Crippen molar-refractivity contribution >= 4 is 41.1 Å². The Hall–Kier alpha value is -1.73. The number of thioether (sulfide) groups is 1. The van der Waals surface area contributed by atoms with Crippen LogP contribution in [0.3, 0.4) is 0 Å². The van der Waals surface area contributed by atoms with E-state index in [1.54, 1.807) is 50.1 Å². The molecule has 0 aromatic heterocycles. The van der Waals surface area contributed by atoms with Gasteiger partial charge >= 0.3 is 5.97 Å². The lowest BCUT2D eigenvalue weighted by molar-refractivity contribution is -0.159. The van der Waals surface area contributed by atoms with Gasteiger partial charge in [-0.15, -0.1) is 0 Å². The third-order valence-corrected chi connectivity index (χ3v) is 4.28. The van der Waals surface area contributed by atoms with Crippen molar-refractivity contribution in [2.45, 2.75) is 25.5 Å².